The molecule has 9 heteroatoms. The number of nitrogens with zero attached hydrogens (tertiary/aromatic N) is 1. The highest BCUT2D eigenvalue weighted by molar-refractivity contribution is 7.91. The fraction of sp³-hybridized carbons (Fsp3) is 0.273. The van der Waals surface area contributed by atoms with Gasteiger partial charge in [0.2, 0.25) is 0 Å². The molecule has 0 radical (unpaired) electrons. The van der Waals surface area contributed by atoms with Crippen molar-refractivity contribution in [1.82, 2.24) is 4.72 Å². The average molecular weight is 302 g/mol. The number of aliphatic carboxylic acids is 1. The van der Waals surface area contributed by atoms with E-state index in [0.717, 1.165) is 12.7 Å². The van der Waals surface area contributed by atoms with E-state index in [-0.39, 0.29) is 5.69 Å². The van der Waals surface area contributed by atoms with Crippen LogP contribution in [0.2, 0.25) is 0 Å². The molecule has 1 aromatic carbocycles. The van der Waals surface area contributed by atoms with E-state index < -0.39 is 28.8 Å². The second kappa shape index (κ2) is 6.24. The second-order valence-corrected chi connectivity index (χ2v) is 5.43. The molecule has 0 atom stereocenters. The molecule has 1 rings (SSSR count). The maximum absolute atomic E-state index is 12.0. The predicted octanol–water partition coefficient (Wildman–Crippen LogP) is 0.487. The molecule has 0 aliphatic rings. The molecule has 1 aromatic rings. The number of benzene rings is 1. The monoisotopic (exact) mass is 302 g/mol. The molecule has 0 aliphatic carbocycles. The van der Waals surface area contributed by atoms with Gasteiger partial charge in [0, 0.05) is 0 Å². The molecule has 0 aromatic heterocycles. The zero-order valence-electron chi connectivity index (χ0n) is 10.9. The third-order valence-corrected chi connectivity index (χ3v) is 3.63. The molecule has 20 heavy (non-hydrogen) atoms. The lowest BCUT2D eigenvalue weighted by Crippen LogP contribution is -2.45. The standard InChI is InChI=1S/C11H14N2O6S/c1-8-3-5-9(6-4-8)13(7-10(14)15)20(17,18)12-11(16)19-2/h3-6H,7H2,1-2H3,(H,12,16)(H,14,15). The Hall–Kier alpha value is -2.29. The summed E-state index contributed by atoms with van der Waals surface area (Å²) in [5.41, 5.74) is 0.997. The van der Waals surface area contributed by atoms with Crippen molar-refractivity contribution in [2.24, 2.45) is 0 Å². The first-order valence-corrected chi connectivity index (χ1v) is 6.87. The molecule has 8 nitrogen and oxygen atoms in total. The Morgan fingerprint density at radius 2 is 1.85 bits per heavy atom. The van der Waals surface area contributed by atoms with Gasteiger partial charge in [-0.15, -0.1) is 0 Å². The van der Waals surface area contributed by atoms with Gasteiger partial charge in [-0.2, -0.15) is 8.42 Å². The summed E-state index contributed by atoms with van der Waals surface area (Å²) >= 11 is 0. The van der Waals surface area contributed by atoms with Gasteiger partial charge >= 0.3 is 22.3 Å². The molecule has 0 aliphatic heterocycles. The third kappa shape index (κ3) is 4.12. The average Bonchev–Trinajstić information content (AvgIpc) is 2.36. The largest absolute Gasteiger partial charge is 0.480 e. The molecule has 0 spiro atoms. The molecule has 0 fully saturated rings. The van der Waals surface area contributed by atoms with Crippen molar-refractivity contribution in [3.8, 4) is 0 Å². The van der Waals surface area contributed by atoms with Crippen molar-refractivity contribution in [1.29, 1.82) is 0 Å². The minimum atomic E-state index is -4.37. The molecule has 0 bridgehead atoms. The van der Waals surface area contributed by atoms with Gasteiger partial charge < -0.3 is 9.84 Å². The van der Waals surface area contributed by atoms with Gasteiger partial charge in [0.25, 0.3) is 0 Å². The van der Waals surface area contributed by atoms with Gasteiger partial charge in [0.05, 0.1) is 12.8 Å². The van der Waals surface area contributed by atoms with Crippen molar-refractivity contribution in [3.63, 3.8) is 0 Å². The summed E-state index contributed by atoms with van der Waals surface area (Å²) in [4.78, 5) is 21.8. The van der Waals surface area contributed by atoms with Gasteiger partial charge in [-0.25, -0.2) is 13.8 Å². The minimum absolute atomic E-state index is 0.120. The number of hydrogen-bond donors (Lipinski definition) is 2. The molecular weight excluding hydrogens is 288 g/mol. The molecular formula is C11H14N2O6S. The molecule has 0 heterocycles. The van der Waals surface area contributed by atoms with Crippen LogP contribution in [0.15, 0.2) is 24.3 Å². The number of methoxy groups -OCH3 is 1. The summed E-state index contributed by atoms with van der Waals surface area (Å²) in [5.74, 6) is -1.36. The van der Waals surface area contributed by atoms with E-state index in [1.165, 1.54) is 12.1 Å². The number of hydrogen-bond acceptors (Lipinski definition) is 5. The molecule has 0 unspecified atom stereocenters. The number of nitrogens with one attached hydrogen (secondary N) is 1. The summed E-state index contributed by atoms with van der Waals surface area (Å²) in [6.07, 6.45) is -1.20. The number of carbonyl (C=O) groups excluding carboxylic acids is 1. The number of aryl methyl sites for hydroxylation is 1. The topological polar surface area (TPSA) is 113 Å². The van der Waals surface area contributed by atoms with Crippen LogP contribution >= 0.6 is 0 Å². The molecule has 110 valence electrons. The fourth-order valence-electron chi connectivity index (χ4n) is 1.35. The first-order chi connectivity index (χ1) is 9.26. The minimum Gasteiger partial charge on any atom is -0.480 e. The Kier molecular flexibility index (Phi) is 4.92. The van der Waals surface area contributed by atoms with Gasteiger partial charge in [-0.1, -0.05) is 17.7 Å². The Balaban J connectivity index is 3.15. The Morgan fingerprint density at radius 3 is 2.30 bits per heavy atom. The zero-order valence-corrected chi connectivity index (χ0v) is 11.7. The summed E-state index contributed by atoms with van der Waals surface area (Å²) in [5, 5.41) is 8.80. The van der Waals surface area contributed by atoms with Crippen molar-refractivity contribution in [2.45, 2.75) is 6.92 Å². The van der Waals surface area contributed by atoms with E-state index >= 15 is 0 Å². The number of rotatable bonds is 5. The highest BCUT2D eigenvalue weighted by Crippen LogP contribution is 2.17. The van der Waals surface area contributed by atoms with Crippen LogP contribution in [0.3, 0.4) is 0 Å². The van der Waals surface area contributed by atoms with Crippen LogP contribution in [0, 0.1) is 6.92 Å². The number of amides is 1. The summed E-state index contributed by atoms with van der Waals surface area (Å²) in [7, 11) is -3.37. The van der Waals surface area contributed by atoms with Crippen LogP contribution in [-0.2, 0) is 19.7 Å². The lowest BCUT2D eigenvalue weighted by molar-refractivity contribution is -0.135. The lowest BCUT2D eigenvalue weighted by Gasteiger charge is -2.22. The van der Waals surface area contributed by atoms with E-state index in [1.54, 1.807) is 23.8 Å². The number of carboxylic acid groups (broad SMARTS) is 1. The van der Waals surface area contributed by atoms with Gasteiger partial charge in [0.1, 0.15) is 6.54 Å². The zero-order chi connectivity index (χ0) is 15.3. The van der Waals surface area contributed by atoms with Crippen LogP contribution in [-0.4, -0.2) is 39.2 Å². The maximum atomic E-state index is 12.0. The smallest absolute Gasteiger partial charge is 0.422 e. The maximum Gasteiger partial charge on any atom is 0.422 e. The van der Waals surface area contributed by atoms with Gasteiger partial charge in [-0.3, -0.25) is 4.79 Å². The highest BCUT2D eigenvalue weighted by atomic mass is 32.2. The van der Waals surface area contributed by atoms with E-state index in [4.69, 9.17) is 5.11 Å². The number of anilines is 1. The molecule has 0 saturated carbocycles. The first kappa shape index (κ1) is 15.8. The van der Waals surface area contributed by atoms with Crippen LogP contribution < -0.4 is 9.03 Å². The fourth-order valence-corrected chi connectivity index (χ4v) is 2.43. The Morgan fingerprint density at radius 1 is 1.30 bits per heavy atom. The van der Waals surface area contributed by atoms with Crippen molar-refractivity contribution in [3.05, 3.63) is 29.8 Å². The van der Waals surface area contributed by atoms with Crippen LogP contribution in [0.5, 0.6) is 0 Å². The molecule has 1 amide bonds. The highest BCUT2D eigenvalue weighted by Gasteiger charge is 2.27. The lowest BCUT2D eigenvalue weighted by atomic mass is 10.2. The number of carboxylic acids is 1. The Bertz CT molecular complexity index is 596. The van der Waals surface area contributed by atoms with E-state index in [9.17, 15) is 18.0 Å². The first-order valence-electron chi connectivity index (χ1n) is 5.43. The molecule has 2 N–H and O–H groups in total. The van der Waals surface area contributed by atoms with Crippen LogP contribution in [0.1, 0.15) is 5.56 Å². The number of ether oxygens (including phenoxy) is 1. The molecule has 0 saturated heterocycles. The normalized spacial score (nSPS) is 10.7. The quantitative estimate of drug-likeness (QED) is 0.818. The van der Waals surface area contributed by atoms with E-state index in [0.29, 0.717) is 4.31 Å². The van der Waals surface area contributed by atoms with E-state index in [1.807, 2.05) is 0 Å². The van der Waals surface area contributed by atoms with Crippen molar-refractivity contribution in [2.75, 3.05) is 18.0 Å². The van der Waals surface area contributed by atoms with Crippen molar-refractivity contribution < 1.29 is 27.9 Å². The van der Waals surface area contributed by atoms with Crippen molar-refractivity contribution >= 4 is 28.0 Å². The van der Waals surface area contributed by atoms with Gasteiger partial charge in [0.15, 0.2) is 0 Å². The second-order valence-electron chi connectivity index (χ2n) is 3.83. The summed E-state index contributed by atoms with van der Waals surface area (Å²) in [6.45, 7) is 0.974. The van der Waals surface area contributed by atoms with Gasteiger partial charge in [-0.05, 0) is 19.1 Å². The number of carbonyl (C=O) groups is 2. The van der Waals surface area contributed by atoms with E-state index in [2.05, 4.69) is 4.74 Å². The summed E-state index contributed by atoms with van der Waals surface area (Å²) in [6, 6.07) is 6.12. The third-order valence-electron chi connectivity index (χ3n) is 2.29. The van der Waals surface area contributed by atoms with Crippen LogP contribution in [0.4, 0.5) is 10.5 Å². The SMILES string of the molecule is COC(=O)NS(=O)(=O)N(CC(=O)O)c1ccc(C)cc1. The predicted molar refractivity (Wildman–Crippen MR) is 70.6 cm³/mol. The Labute approximate surface area is 116 Å². The summed E-state index contributed by atoms with van der Waals surface area (Å²) < 4.78 is 30.3. The van der Waals surface area contributed by atoms with Crippen LogP contribution in [0.25, 0.3) is 0 Å².